The van der Waals surface area contributed by atoms with Gasteiger partial charge in [-0.2, -0.15) is 0 Å². The number of hydrogen-bond donors (Lipinski definition) is 1. The van der Waals surface area contributed by atoms with Crippen molar-refractivity contribution < 1.29 is 28.6 Å². The number of anilines is 1. The van der Waals surface area contributed by atoms with Gasteiger partial charge in [-0.05, 0) is 60.2 Å². The molecule has 0 atom stereocenters. The van der Waals surface area contributed by atoms with Crippen molar-refractivity contribution in [2.75, 3.05) is 25.3 Å². The summed E-state index contributed by atoms with van der Waals surface area (Å²) in [4.78, 5) is 36.2. The third kappa shape index (κ3) is 7.39. The van der Waals surface area contributed by atoms with Crippen molar-refractivity contribution in [1.82, 2.24) is 0 Å². The summed E-state index contributed by atoms with van der Waals surface area (Å²) in [6.07, 6.45) is 0. The number of halogens is 2. The Balaban J connectivity index is 1.57. The number of esters is 2. The topological polar surface area (TPSA) is 90.9 Å². The highest BCUT2D eigenvalue weighted by atomic mass is 35.5. The largest absolute Gasteiger partial charge is 0.465 e. The molecular formula is C25H21Cl2NO6S. The zero-order valence-electron chi connectivity index (χ0n) is 18.8. The van der Waals surface area contributed by atoms with Crippen LogP contribution in [0, 0.1) is 0 Å². The molecule has 3 rings (SSSR count). The molecule has 1 amide bonds. The van der Waals surface area contributed by atoms with Gasteiger partial charge >= 0.3 is 11.9 Å². The molecule has 0 unspecified atom stereocenters. The van der Waals surface area contributed by atoms with E-state index in [9.17, 15) is 14.4 Å². The van der Waals surface area contributed by atoms with Gasteiger partial charge in [-0.3, -0.25) is 4.79 Å². The van der Waals surface area contributed by atoms with Gasteiger partial charge < -0.3 is 19.5 Å². The van der Waals surface area contributed by atoms with Crippen LogP contribution in [0.4, 0.5) is 5.69 Å². The average molecular weight is 534 g/mol. The number of nitrogens with one attached hydrogen (secondary N) is 1. The number of thioether (sulfide) groups is 1. The Hall–Kier alpha value is -3.20. The van der Waals surface area contributed by atoms with Crippen LogP contribution >= 0.6 is 35.0 Å². The summed E-state index contributed by atoms with van der Waals surface area (Å²) in [6.45, 7) is 0. The van der Waals surface area contributed by atoms with E-state index in [-0.39, 0.29) is 22.8 Å². The second kappa shape index (κ2) is 12.5. The first kappa shape index (κ1) is 26.4. The van der Waals surface area contributed by atoms with Gasteiger partial charge in [0.15, 0.2) is 0 Å². The summed E-state index contributed by atoms with van der Waals surface area (Å²) in [7, 11) is 2.44. The fourth-order valence-corrected chi connectivity index (χ4v) is 4.37. The lowest BCUT2D eigenvalue weighted by molar-refractivity contribution is -0.113. The van der Waals surface area contributed by atoms with Crippen LogP contribution in [-0.2, 0) is 20.0 Å². The molecule has 35 heavy (non-hydrogen) atoms. The van der Waals surface area contributed by atoms with Gasteiger partial charge in [-0.1, -0.05) is 29.3 Å². The predicted octanol–water partition coefficient (Wildman–Crippen LogP) is 6.23. The highest BCUT2D eigenvalue weighted by molar-refractivity contribution is 7.99. The van der Waals surface area contributed by atoms with Crippen LogP contribution < -0.4 is 10.1 Å². The zero-order chi connectivity index (χ0) is 25.4. The van der Waals surface area contributed by atoms with Crippen molar-refractivity contribution in [2.24, 2.45) is 0 Å². The van der Waals surface area contributed by atoms with Gasteiger partial charge in [0.1, 0.15) is 11.5 Å². The lowest BCUT2D eigenvalue weighted by Crippen LogP contribution is -2.14. The molecule has 0 aliphatic carbocycles. The Kier molecular flexibility index (Phi) is 9.42. The average Bonchev–Trinajstić information content (AvgIpc) is 2.85. The molecule has 10 heteroatoms. The fourth-order valence-electron chi connectivity index (χ4n) is 2.99. The van der Waals surface area contributed by atoms with Crippen LogP contribution in [0.15, 0.2) is 60.7 Å². The van der Waals surface area contributed by atoms with Crippen LogP contribution in [0.5, 0.6) is 11.5 Å². The summed E-state index contributed by atoms with van der Waals surface area (Å²) in [6, 6.07) is 16.4. The molecule has 0 spiro atoms. The van der Waals surface area contributed by atoms with Crippen LogP contribution in [-0.4, -0.2) is 37.8 Å². The minimum absolute atomic E-state index is 0.0260. The maximum absolute atomic E-state index is 12.3. The molecule has 0 radical (unpaired) electrons. The van der Waals surface area contributed by atoms with Gasteiger partial charge in [-0.15, -0.1) is 11.8 Å². The van der Waals surface area contributed by atoms with Crippen molar-refractivity contribution in [3.8, 4) is 11.5 Å². The molecule has 0 aliphatic rings. The van der Waals surface area contributed by atoms with Gasteiger partial charge in [0, 0.05) is 21.5 Å². The van der Waals surface area contributed by atoms with E-state index >= 15 is 0 Å². The summed E-state index contributed by atoms with van der Waals surface area (Å²) < 4.78 is 15.2. The first-order valence-electron chi connectivity index (χ1n) is 10.2. The van der Waals surface area contributed by atoms with E-state index in [2.05, 4.69) is 5.32 Å². The third-order valence-electron chi connectivity index (χ3n) is 4.68. The van der Waals surface area contributed by atoms with Gasteiger partial charge in [0.05, 0.1) is 31.1 Å². The molecule has 3 aromatic rings. The van der Waals surface area contributed by atoms with Crippen molar-refractivity contribution in [3.05, 3.63) is 87.4 Å². The minimum Gasteiger partial charge on any atom is -0.465 e. The molecule has 0 aliphatic heterocycles. The lowest BCUT2D eigenvalue weighted by atomic mass is 10.1. The fraction of sp³-hybridized carbons (Fsp3) is 0.160. The van der Waals surface area contributed by atoms with Crippen molar-refractivity contribution in [2.45, 2.75) is 5.75 Å². The number of benzene rings is 3. The van der Waals surface area contributed by atoms with E-state index in [1.807, 2.05) is 6.07 Å². The number of amides is 1. The number of hydrogen-bond acceptors (Lipinski definition) is 7. The molecule has 0 fully saturated rings. The van der Waals surface area contributed by atoms with Gasteiger partial charge in [-0.25, -0.2) is 9.59 Å². The van der Waals surface area contributed by atoms with Crippen molar-refractivity contribution in [3.63, 3.8) is 0 Å². The maximum atomic E-state index is 12.3. The SMILES string of the molecule is COC(=O)c1ccc(Oc2ccc(NC(=O)CSCc3ccc(Cl)cc3Cl)cc2)cc1C(=O)OC. The van der Waals surface area contributed by atoms with Gasteiger partial charge in [0.2, 0.25) is 5.91 Å². The van der Waals surface area contributed by atoms with E-state index in [1.54, 1.807) is 42.5 Å². The van der Waals surface area contributed by atoms with E-state index < -0.39 is 11.9 Å². The maximum Gasteiger partial charge on any atom is 0.338 e. The number of rotatable bonds is 9. The molecule has 0 saturated carbocycles. The standard InChI is InChI=1S/C25H21Cl2NO6S/c1-32-24(30)20-10-9-19(12-21(20)25(31)33-2)34-18-7-5-17(6-8-18)28-23(29)14-35-13-15-3-4-16(26)11-22(15)27/h3-12H,13-14H2,1-2H3,(H,28,29). The summed E-state index contributed by atoms with van der Waals surface area (Å²) >= 11 is 13.5. The number of carbonyl (C=O) groups excluding carboxylic acids is 3. The Labute approximate surface area is 216 Å². The van der Waals surface area contributed by atoms with Crippen molar-refractivity contribution >= 4 is 58.5 Å². The molecule has 0 bridgehead atoms. The number of methoxy groups -OCH3 is 2. The molecule has 0 aromatic heterocycles. The van der Waals surface area contributed by atoms with Crippen LogP contribution in [0.25, 0.3) is 0 Å². The van der Waals surface area contributed by atoms with Crippen LogP contribution in [0.2, 0.25) is 10.0 Å². The molecule has 1 N–H and O–H groups in total. The highest BCUT2D eigenvalue weighted by Gasteiger charge is 2.19. The zero-order valence-corrected chi connectivity index (χ0v) is 21.1. The monoisotopic (exact) mass is 533 g/mol. The molecule has 7 nitrogen and oxygen atoms in total. The van der Waals surface area contributed by atoms with Gasteiger partial charge in [0.25, 0.3) is 0 Å². The Bertz CT molecular complexity index is 1230. The van der Waals surface area contributed by atoms with Crippen molar-refractivity contribution in [1.29, 1.82) is 0 Å². The molecule has 3 aromatic carbocycles. The first-order chi connectivity index (χ1) is 16.8. The lowest BCUT2D eigenvalue weighted by Gasteiger charge is -2.11. The minimum atomic E-state index is -0.690. The van der Waals surface area contributed by atoms with E-state index in [1.165, 1.54) is 38.1 Å². The number of carbonyl (C=O) groups is 3. The second-order valence-corrected chi connectivity index (χ2v) is 8.92. The molecule has 182 valence electrons. The Morgan fingerprint density at radius 1 is 0.829 bits per heavy atom. The Morgan fingerprint density at radius 3 is 2.14 bits per heavy atom. The third-order valence-corrected chi connectivity index (χ3v) is 6.25. The first-order valence-corrected chi connectivity index (χ1v) is 12.1. The predicted molar refractivity (Wildman–Crippen MR) is 137 cm³/mol. The smallest absolute Gasteiger partial charge is 0.338 e. The quantitative estimate of drug-likeness (QED) is 0.326. The van der Waals surface area contributed by atoms with E-state index in [0.29, 0.717) is 33.0 Å². The summed E-state index contributed by atoms with van der Waals surface area (Å²) in [5.74, 6) is 0.119. The van der Waals surface area contributed by atoms with E-state index in [4.69, 9.17) is 37.4 Å². The van der Waals surface area contributed by atoms with Crippen LogP contribution in [0.1, 0.15) is 26.3 Å². The van der Waals surface area contributed by atoms with Crippen LogP contribution in [0.3, 0.4) is 0 Å². The summed E-state index contributed by atoms with van der Waals surface area (Å²) in [5, 5.41) is 3.95. The summed E-state index contributed by atoms with van der Waals surface area (Å²) in [5.41, 5.74) is 1.60. The van der Waals surface area contributed by atoms with E-state index in [0.717, 1.165) is 5.56 Å². The number of ether oxygens (including phenoxy) is 3. The second-order valence-electron chi connectivity index (χ2n) is 7.09. The molecule has 0 saturated heterocycles. The molecule has 0 heterocycles. The molecular weight excluding hydrogens is 513 g/mol. The Morgan fingerprint density at radius 2 is 1.49 bits per heavy atom. The highest BCUT2D eigenvalue weighted by Crippen LogP contribution is 2.27. The normalized spacial score (nSPS) is 10.4.